The van der Waals surface area contributed by atoms with E-state index in [-0.39, 0.29) is 17.9 Å². The third-order valence-electron chi connectivity index (χ3n) is 2.93. The molecule has 0 bridgehead atoms. The van der Waals surface area contributed by atoms with Gasteiger partial charge in [-0.2, -0.15) is 0 Å². The number of nitrogens with zero attached hydrogens (tertiary/aromatic N) is 1. The Morgan fingerprint density at radius 2 is 2.00 bits per heavy atom. The summed E-state index contributed by atoms with van der Waals surface area (Å²) in [4.78, 5) is 25.3. The Hall–Kier alpha value is -1.59. The van der Waals surface area contributed by atoms with E-state index in [0.717, 1.165) is 6.54 Å². The highest BCUT2D eigenvalue weighted by molar-refractivity contribution is 6.34. The Morgan fingerprint density at radius 1 is 1.33 bits per heavy atom. The van der Waals surface area contributed by atoms with Gasteiger partial charge in [0.15, 0.2) is 0 Å². The minimum absolute atomic E-state index is 0.102. The molecule has 0 aromatic heterocycles. The average molecular weight is 312 g/mol. The second-order valence-electron chi connectivity index (χ2n) is 5.11. The molecule has 0 saturated heterocycles. The van der Waals surface area contributed by atoms with Crippen LogP contribution in [0.4, 0.5) is 5.69 Å². The number of hydrogen-bond acceptors (Lipinski definition) is 3. The first-order chi connectivity index (χ1) is 9.85. The maximum absolute atomic E-state index is 12.0. The van der Waals surface area contributed by atoms with Crippen LogP contribution in [0.15, 0.2) is 18.2 Å². The van der Waals surface area contributed by atoms with Gasteiger partial charge >= 0.3 is 0 Å². The lowest BCUT2D eigenvalue weighted by atomic mass is 10.1. The summed E-state index contributed by atoms with van der Waals surface area (Å²) in [5.41, 5.74) is 0.942. The van der Waals surface area contributed by atoms with Crippen molar-refractivity contribution >= 4 is 29.1 Å². The molecule has 1 unspecified atom stereocenters. The van der Waals surface area contributed by atoms with Crippen molar-refractivity contribution in [3.63, 3.8) is 0 Å². The first-order valence-corrected chi connectivity index (χ1v) is 7.27. The van der Waals surface area contributed by atoms with Crippen LogP contribution in [0.3, 0.4) is 0 Å². The molecule has 1 rings (SSSR count). The first kappa shape index (κ1) is 17.5. The number of rotatable bonds is 6. The summed E-state index contributed by atoms with van der Waals surface area (Å²) in [6, 6.07) is 5.00. The summed E-state index contributed by atoms with van der Waals surface area (Å²) < 4.78 is 0. The second kappa shape index (κ2) is 8.00. The van der Waals surface area contributed by atoms with Crippen LogP contribution in [0.2, 0.25) is 5.02 Å². The predicted molar refractivity (Wildman–Crippen MR) is 85.9 cm³/mol. The molecule has 1 atom stereocenters. The van der Waals surface area contributed by atoms with Crippen molar-refractivity contribution in [3.8, 4) is 0 Å². The topological polar surface area (TPSA) is 61.4 Å². The molecule has 0 aliphatic heterocycles. The van der Waals surface area contributed by atoms with E-state index in [1.807, 2.05) is 13.8 Å². The van der Waals surface area contributed by atoms with Crippen LogP contribution in [-0.2, 0) is 4.79 Å². The summed E-state index contributed by atoms with van der Waals surface area (Å²) >= 11 is 6.03. The standard InChI is InChI=1S/C15H22ClN3O2/c1-5-17-10(2)8-14(20)18-11-6-7-13(16)12(9-11)15(21)19(3)4/h6-7,9-10,17H,5,8H2,1-4H3,(H,18,20). The van der Waals surface area contributed by atoms with Gasteiger partial charge in [0, 0.05) is 32.2 Å². The van der Waals surface area contributed by atoms with Gasteiger partial charge in [-0.3, -0.25) is 9.59 Å². The van der Waals surface area contributed by atoms with Crippen LogP contribution < -0.4 is 10.6 Å². The number of carbonyl (C=O) groups excluding carboxylic acids is 2. The molecule has 0 spiro atoms. The summed E-state index contributed by atoms with van der Waals surface area (Å²) in [7, 11) is 3.31. The minimum Gasteiger partial charge on any atom is -0.345 e. The van der Waals surface area contributed by atoms with Crippen molar-refractivity contribution in [1.82, 2.24) is 10.2 Å². The number of benzene rings is 1. The molecule has 0 heterocycles. The van der Waals surface area contributed by atoms with Crippen LogP contribution in [-0.4, -0.2) is 43.4 Å². The Kier molecular flexibility index (Phi) is 6.65. The molecule has 1 aromatic carbocycles. The Bertz CT molecular complexity index is 518. The molecule has 0 aliphatic carbocycles. The molecule has 116 valence electrons. The van der Waals surface area contributed by atoms with Crippen LogP contribution in [0.1, 0.15) is 30.6 Å². The molecule has 0 radical (unpaired) electrons. The van der Waals surface area contributed by atoms with Gasteiger partial charge in [0.25, 0.3) is 5.91 Å². The van der Waals surface area contributed by atoms with Gasteiger partial charge < -0.3 is 15.5 Å². The molecule has 5 nitrogen and oxygen atoms in total. The van der Waals surface area contributed by atoms with Gasteiger partial charge in [-0.25, -0.2) is 0 Å². The van der Waals surface area contributed by atoms with Crippen molar-refractivity contribution in [1.29, 1.82) is 0 Å². The molecule has 1 aromatic rings. The molecular weight excluding hydrogens is 290 g/mol. The third-order valence-corrected chi connectivity index (χ3v) is 3.26. The van der Waals surface area contributed by atoms with Gasteiger partial charge in [-0.05, 0) is 31.7 Å². The molecule has 0 saturated carbocycles. The zero-order valence-corrected chi connectivity index (χ0v) is 13.6. The van der Waals surface area contributed by atoms with Crippen molar-refractivity contribution in [3.05, 3.63) is 28.8 Å². The first-order valence-electron chi connectivity index (χ1n) is 6.89. The average Bonchev–Trinajstić information content (AvgIpc) is 2.40. The number of carbonyl (C=O) groups is 2. The zero-order chi connectivity index (χ0) is 16.0. The lowest BCUT2D eigenvalue weighted by Gasteiger charge is -2.14. The second-order valence-corrected chi connectivity index (χ2v) is 5.51. The number of hydrogen-bond donors (Lipinski definition) is 2. The van der Waals surface area contributed by atoms with E-state index in [4.69, 9.17) is 11.6 Å². The highest BCUT2D eigenvalue weighted by atomic mass is 35.5. The van der Waals surface area contributed by atoms with Crippen molar-refractivity contribution in [2.75, 3.05) is 26.0 Å². The van der Waals surface area contributed by atoms with E-state index < -0.39 is 0 Å². The Balaban J connectivity index is 2.79. The Morgan fingerprint density at radius 3 is 2.57 bits per heavy atom. The normalized spacial score (nSPS) is 11.9. The van der Waals surface area contributed by atoms with Crippen LogP contribution in [0, 0.1) is 0 Å². The molecule has 21 heavy (non-hydrogen) atoms. The summed E-state index contributed by atoms with van der Waals surface area (Å²) in [6.45, 7) is 4.76. The third kappa shape index (κ3) is 5.36. The van der Waals surface area contributed by atoms with Crippen molar-refractivity contribution < 1.29 is 9.59 Å². The smallest absolute Gasteiger partial charge is 0.254 e. The number of nitrogens with one attached hydrogen (secondary N) is 2. The van der Waals surface area contributed by atoms with Gasteiger partial charge in [0.2, 0.25) is 5.91 Å². The maximum Gasteiger partial charge on any atom is 0.254 e. The van der Waals surface area contributed by atoms with E-state index in [0.29, 0.717) is 22.7 Å². The van der Waals surface area contributed by atoms with E-state index in [1.165, 1.54) is 4.90 Å². The van der Waals surface area contributed by atoms with Gasteiger partial charge in [0.05, 0.1) is 10.6 Å². The fraction of sp³-hybridized carbons (Fsp3) is 0.467. The minimum atomic E-state index is -0.197. The van der Waals surface area contributed by atoms with E-state index in [2.05, 4.69) is 10.6 Å². The van der Waals surface area contributed by atoms with Gasteiger partial charge in [0.1, 0.15) is 0 Å². The molecule has 0 fully saturated rings. The van der Waals surface area contributed by atoms with Crippen molar-refractivity contribution in [2.45, 2.75) is 26.3 Å². The van der Waals surface area contributed by atoms with Crippen LogP contribution >= 0.6 is 11.6 Å². The largest absolute Gasteiger partial charge is 0.345 e. The van der Waals surface area contributed by atoms with E-state index in [9.17, 15) is 9.59 Å². The maximum atomic E-state index is 12.0. The quantitative estimate of drug-likeness (QED) is 0.848. The lowest BCUT2D eigenvalue weighted by Crippen LogP contribution is -2.30. The lowest BCUT2D eigenvalue weighted by molar-refractivity contribution is -0.116. The highest BCUT2D eigenvalue weighted by Crippen LogP contribution is 2.21. The van der Waals surface area contributed by atoms with E-state index in [1.54, 1.807) is 32.3 Å². The van der Waals surface area contributed by atoms with E-state index >= 15 is 0 Å². The molecule has 0 aliphatic rings. The zero-order valence-electron chi connectivity index (χ0n) is 12.9. The molecule has 6 heteroatoms. The van der Waals surface area contributed by atoms with Gasteiger partial charge in [-0.1, -0.05) is 18.5 Å². The summed E-state index contributed by atoms with van der Waals surface area (Å²) in [5, 5.41) is 6.33. The number of amides is 2. The molecule has 2 amide bonds. The fourth-order valence-electron chi connectivity index (χ4n) is 1.92. The summed E-state index contributed by atoms with van der Waals surface area (Å²) in [5.74, 6) is -0.300. The SMILES string of the molecule is CCNC(C)CC(=O)Nc1ccc(Cl)c(C(=O)N(C)C)c1. The highest BCUT2D eigenvalue weighted by Gasteiger charge is 2.14. The number of halogens is 1. The Labute approximate surface area is 130 Å². The van der Waals surface area contributed by atoms with Crippen LogP contribution in [0.5, 0.6) is 0 Å². The predicted octanol–water partition coefficient (Wildman–Crippen LogP) is 2.37. The number of anilines is 1. The molecule has 2 N–H and O–H groups in total. The molecular formula is C15H22ClN3O2. The van der Waals surface area contributed by atoms with Crippen LogP contribution in [0.25, 0.3) is 0 Å². The fourth-order valence-corrected chi connectivity index (χ4v) is 2.12. The monoisotopic (exact) mass is 311 g/mol. The summed E-state index contributed by atoms with van der Waals surface area (Å²) in [6.07, 6.45) is 0.368. The van der Waals surface area contributed by atoms with Crippen molar-refractivity contribution in [2.24, 2.45) is 0 Å². The van der Waals surface area contributed by atoms with Gasteiger partial charge in [-0.15, -0.1) is 0 Å².